The molecule has 0 saturated heterocycles. The fourth-order valence-corrected chi connectivity index (χ4v) is 1.81. The number of esters is 1. The molecule has 1 rings (SSSR count). The van der Waals surface area contributed by atoms with Crippen LogP contribution in [0.15, 0.2) is 24.3 Å². The first-order valence-corrected chi connectivity index (χ1v) is 6.60. The van der Waals surface area contributed by atoms with Gasteiger partial charge in [-0.1, -0.05) is 38.8 Å². The Hall–Kier alpha value is -1.51. The van der Waals surface area contributed by atoms with E-state index in [1.165, 1.54) is 0 Å². The topological polar surface area (TPSA) is 52.3 Å². The second-order valence-electron chi connectivity index (χ2n) is 4.70. The van der Waals surface area contributed by atoms with E-state index in [2.05, 4.69) is 13.8 Å². The van der Waals surface area contributed by atoms with Crippen LogP contribution in [-0.4, -0.2) is 12.6 Å². The average Bonchev–Trinajstić information content (AvgIpc) is 2.38. The standard InChI is InChI=1S/C15H23NO2/c1-4-12(5-2)10-18-15(17)11(3)13-7-6-8-14(16)9-13/h6-9,11-12H,4-5,10,16H2,1-3H3. The molecule has 3 nitrogen and oxygen atoms in total. The van der Waals surface area contributed by atoms with Crippen molar-refractivity contribution in [3.05, 3.63) is 29.8 Å². The molecular formula is C15H23NO2. The van der Waals surface area contributed by atoms with Crippen LogP contribution in [0.5, 0.6) is 0 Å². The van der Waals surface area contributed by atoms with Gasteiger partial charge in [0.25, 0.3) is 0 Å². The van der Waals surface area contributed by atoms with Gasteiger partial charge in [0.15, 0.2) is 0 Å². The lowest BCUT2D eigenvalue weighted by atomic mass is 10.0. The largest absolute Gasteiger partial charge is 0.465 e. The van der Waals surface area contributed by atoms with E-state index in [0.717, 1.165) is 18.4 Å². The Morgan fingerprint density at radius 2 is 2.00 bits per heavy atom. The number of carbonyl (C=O) groups excluding carboxylic acids is 1. The molecule has 0 bridgehead atoms. The Morgan fingerprint density at radius 1 is 1.33 bits per heavy atom. The normalized spacial score (nSPS) is 12.4. The summed E-state index contributed by atoms with van der Waals surface area (Å²) in [5, 5.41) is 0. The zero-order chi connectivity index (χ0) is 13.5. The fraction of sp³-hybridized carbons (Fsp3) is 0.533. The van der Waals surface area contributed by atoms with Crippen molar-refractivity contribution in [1.29, 1.82) is 0 Å². The summed E-state index contributed by atoms with van der Waals surface area (Å²) in [6.45, 7) is 6.59. The minimum Gasteiger partial charge on any atom is -0.465 e. The van der Waals surface area contributed by atoms with E-state index in [1.54, 1.807) is 0 Å². The van der Waals surface area contributed by atoms with Crippen molar-refractivity contribution in [3.63, 3.8) is 0 Å². The molecule has 2 N–H and O–H groups in total. The number of rotatable bonds is 6. The Kier molecular flexibility index (Phi) is 5.69. The second kappa shape index (κ2) is 7.04. The summed E-state index contributed by atoms with van der Waals surface area (Å²) in [7, 11) is 0. The molecule has 3 heteroatoms. The maximum Gasteiger partial charge on any atom is 0.313 e. The summed E-state index contributed by atoms with van der Waals surface area (Å²) in [5.74, 6) is 0.0253. The van der Waals surface area contributed by atoms with E-state index < -0.39 is 0 Å². The lowest BCUT2D eigenvalue weighted by Crippen LogP contribution is -2.18. The fourth-order valence-electron chi connectivity index (χ4n) is 1.81. The molecule has 0 aliphatic rings. The number of nitrogen functional groups attached to an aromatic ring is 1. The molecular weight excluding hydrogens is 226 g/mol. The predicted octanol–water partition coefficient (Wildman–Crippen LogP) is 3.35. The second-order valence-corrected chi connectivity index (χ2v) is 4.70. The number of anilines is 1. The summed E-state index contributed by atoms with van der Waals surface area (Å²) in [6.07, 6.45) is 2.08. The van der Waals surface area contributed by atoms with Gasteiger partial charge in [0.2, 0.25) is 0 Å². The number of nitrogens with two attached hydrogens (primary N) is 1. The SMILES string of the molecule is CCC(CC)COC(=O)C(C)c1cccc(N)c1. The van der Waals surface area contributed by atoms with Crippen LogP contribution in [0.2, 0.25) is 0 Å². The molecule has 0 amide bonds. The first-order valence-electron chi connectivity index (χ1n) is 6.60. The van der Waals surface area contributed by atoms with Crippen LogP contribution in [0.1, 0.15) is 45.1 Å². The lowest BCUT2D eigenvalue weighted by Gasteiger charge is -2.16. The molecule has 0 heterocycles. The van der Waals surface area contributed by atoms with E-state index in [9.17, 15) is 4.79 Å². The molecule has 0 spiro atoms. The predicted molar refractivity (Wildman–Crippen MR) is 74.3 cm³/mol. The van der Waals surface area contributed by atoms with Crippen LogP contribution < -0.4 is 5.73 Å². The van der Waals surface area contributed by atoms with Crippen molar-refractivity contribution in [2.24, 2.45) is 5.92 Å². The maximum absolute atomic E-state index is 11.9. The highest BCUT2D eigenvalue weighted by molar-refractivity contribution is 5.78. The van der Waals surface area contributed by atoms with Crippen molar-refractivity contribution >= 4 is 11.7 Å². The number of hydrogen-bond acceptors (Lipinski definition) is 3. The summed E-state index contributed by atoms with van der Waals surface area (Å²) >= 11 is 0. The first kappa shape index (κ1) is 14.6. The van der Waals surface area contributed by atoms with Crippen LogP contribution in [0.3, 0.4) is 0 Å². The Balaban J connectivity index is 2.56. The molecule has 0 aliphatic heterocycles. The third-order valence-electron chi connectivity index (χ3n) is 3.38. The van der Waals surface area contributed by atoms with Crippen LogP contribution in [0, 0.1) is 5.92 Å². The van der Waals surface area contributed by atoms with E-state index in [-0.39, 0.29) is 11.9 Å². The van der Waals surface area contributed by atoms with Gasteiger partial charge in [-0.15, -0.1) is 0 Å². The highest BCUT2D eigenvalue weighted by Gasteiger charge is 2.18. The Bertz CT molecular complexity index is 386. The van der Waals surface area contributed by atoms with Crippen molar-refractivity contribution in [3.8, 4) is 0 Å². The van der Waals surface area contributed by atoms with E-state index in [1.807, 2.05) is 31.2 Å². The highest BCUT2D eigenvalue weighted by atomic mass is 16.5. The monoisotopic (exact) mass is 249 g/mol. The van der Waals surface area contributed by atoms with Gasteiger partial charge >= 0.3 is 5.97 Å². The minimum absolute atomic E-state index is 0.174. The molecule has 18 heavy (non-hydrogen) atoms. The number of carbonyl (C=O) groups is 1. The number of benzene rings is 1. The molecule has 1 aromatic rings. The number of ether oxygens (including phenoxy) is 1. The van der Waals surface area contributed by atoms with E-state index >= 15 is 0 Å². The first-order chi connectivity index (χ1) is 8.58. The molecule has 100 valence electrons. The Labute approximate surface area is 109 Å². The maximum atomic E-state index is 11.9. The molecule has 0 aliphatic carbocycles. The van der Waals surface area contributed by atoms with Crippen molar-refractivity contribution in [1.82, 2.24) is 0 Å². The van der Waals surface area contributed by atoms with Crippen LogP contribution in [-0.2, 0) is 9.53 Å². The van der Waals surface area contributed by atoms with Gasteiger partial charge in [-0.25, -0.2) is 0 Å². The zero-order valence-corrected chi connectivity index (χ0v) is 11.5. The third kappa shape index (κ3) is 4.06. The van der Waals surface area contributed by atoms with Gasteiger partial charge in [0, 0.05) is 5.69 Å². The van der Waals surface area contributed by atoms with Crippen molar-refractivity contribution < 1.29 is 9.53 Å². The third-order valence-corrected chi connectivity index (χ3v) is 3.38. The average molecular weight is 249 g/mol. The summed E-state index contributed by atoms with van der Waals surface area (Å²) < 4.78 is 5.36. The summed E-state index contributed by atoms with van der Waals surface area (Å²) in [6, 6.07) is 7.39. The summed E-state index contributed by atoms with van der Waals surface area (Å²) in [4.78, 5) is 11.9. The van der Waals surface area contributed by atoms with Crippen LogP contribution in [0.4, 0.5) is 5.69 Å². The quantitative estimate of drug-likeness (QED) is 0.621. The van der Waals surface area contributed by atoms with Gasteiger partial charge in [0.1, 0.15) is 0 Å². The van der Waals surface area contributed by atoms with Crippen molar-refractivity contribution in [2.75, 3.05) is 12.3 Å². The van der Waals surface area contributed by atoms with Gasteiger partial charge in [-0.2, -0.15) is 0 Å². The molecule has 1 unspecified atom stereocenters. The molecule has 0 radical (unpaired) electrons. The summed E-state index contributed by atoms with van der Waals surface area (Å²) in [5.41, 5.74) is 7.29. The molecule has 1 atom stereocenters. The van der Waals surface area contributed by atoms with Gasteiger partial charge in [-0.05, 0) is 30.5 Å². The van der Waals surface area contributed by atoms with Gasteiger partial charge < -0.3 is 10.5 Å². The smallest absolute Gasteiger partial charge is 0.313 e. The number of hydrogen-bond donors (Lipinski definition) is 1. The van der Waals surface area contributed by atoms with Crippen LogP contribution >= 0.6 is 0 Å². The molecule has 0 aromatic heterocycles. The highest BCUT2D eigenvalue weighted by Crippen LogP contribution is 2.20. The van der Waals surface area contributed by atoms with Gasteiger partial charge in [-0.3, -0.25) is 4.79 Å². The Morgan fingerprint density at radius 3 is 2.56 bits per heavy atom. The minimum atomic E-state index is -0.261. The van der Waals surface area contributed by atoms with E-state index in [4.69, 9.17) is 10.5 Å². The molecule has 1 aromatic carbocycles. The van der Waals surface area contributed by atoms with E-state index in [0.29, 0.717) is 18.2 Å². The lowest BCUT2D eigenvalue weighted by molar-refractivity contribution is -0.146. The van der Waals surface area contributed by atoms with Crippen LogP contribution in [0.25, 0.3) is 0 Å². The van der Waals surface area contributed by atoms with Crippen molar-refractivity contribution in [2.45, 2.75) is 39.5 Å². The molecule has 0 saturated carbocycles. The zero-order valence-electron chi connectivity index (χ0n) is 11.5. The van der Waals surface area contributed by atoms with Gasteiger partial charge in [0.05, 0.1) is 12.5 Å². The molecule has 0 fully saturated rings.